The molecule has 0 saturated carbocycles. The van der Waals surface area contributed by atoms with Gasteiger partial charge in [-0.3, -0.25) is 0 Å². The van der Waals surface area contributed by atoms with Gasteiger partial charge in [-0.1, -0.05) is 5.16 Å². The number of nitrogens with one attached hydrogen (secondary N) is 1. The summed E-state index contributed by atoms with van der Waals surface area (Å²) in [5.41, 5.74) is -1.76. The van der Waals surface area contributed by atoms with Gasteiger partial charge in [0.05, 0.1) is 0 Å². The first-order valence-electron chi connectivity index (χ1n) is 6.30. The fourth-order valence-corrected chi connectivity index (χ4v) is 2.37. The molecule has 22 heavy (non-hydrogen) atoms. The lowest BCUT2D eigenvalue weighted by atomic mass is 9.86. The number of alkyl halides is 3. The minimum absolute atomic E-state index is 0. The second kappa shape index (κ2) is 5.85. The van der Waals surface area contributed by atoms with E-state index in [9.17, 15) is 17.6 Å². The number of rotatable bonds is 2. The van der Waals surface area contributed by atoms with E-state index in [0.29, 0.717) is 5.56 Å². The monoisotopic (exact) mass is 337 g/mol. The topological polar surface area (TPSA) is 51.0 Å². The number of benzene rings is 1. The Bertz CT molecular complexity index is 635. The molecule has 1 atom stereocenters. The van der Waals surface area contributed by atoms with Crippen molar-refractivity contribution >= 4 is 12.4 Å². The third-order valence-electron chi connectivity index (χ3n) is 3.64. The summed E-state index contributed by atoms with van der Waals surface area (Å²) in [5.74, 6) is -0.894. The molecule has 2 heterocycles. The Kier molecular flexibility index (Phi) is 4.44. The summed E-state index contributed by atoms with van der Waals surface area (Å²) in [6, 6.07) is 5.14. The predicted octanol–water partition coefficient (Wildman–Crippen LogP) is 3.09. The highest BCUT2D eigenvalue weighted by Gasteiger charge is 2.61. The standard InChI is InChI=1S/C13H11F4N3O.ClH/c14-9-3-1-8(2-4-9)10-19-11(21-20-10)12(13(15,16)17)5-6-18-7-12;/h1-4,18H,5-7H2;1H. The molecule has 1 N–H and O–H groups in total. The zero-order valence-electron chi connectivity index (χ0n) is 11.2. The van der Waals surface area contributed by atoms with Crippen LogP contribution in [0.15, 0.2) is 28.8 Å². The molecule has 1 unspecified atom stereocenters. The molecule has 3 rings (SSSR count). The molecule has 0 bridgehead atoms. The highest BCUT2D eigenvalue weighted by Crippen LogP contribution is 2.45. The van der Waals surface area contributed by atoms with Crippen LogP contribution in [-0.2, 0) is 5.41 Å². The highest BCUT2D eigenvalue weighted by atomic mass is 35.5. The second-order valence-electron chi connectivity index (χ2n) is 4.94. The highest BCUT2D eigenvalue weighted by molar-refractivity contribution is 5.85. The maximum Gasteiger partial charge on any atom is 0.404 e. The molecule has 120 valence electrons. The molecule has 0 spiro atoms. The summed E-state index contributed by atoms with van der Waals surface area (Å²) >= 11 is 0. The van der Waals surface area contributed by atoms with E-state index < -0.39 is 23.3 Å². The van der Waals surface area contributed by atoms with Gasteiger partial charge in [-0.05, 0) is 37.2 Å². The van der Waals surface area contributed by atoms with Crippen molar-refractivity contribution in [3.05, 3.63) is 36.0 Å². The van der Waals surface area contributed by atoms with Gasteiger partial charge in [0.1, 0.15) is 5.82 Å². The van der Waals surface area contributed by atoms with Crippen LogP contribution in [0.5, 0.6) is 0 Å². The second-order valence-corrected chi connectivity index (χ2v) is 4.94. The molecule has 0 radical (unpaired) electrons. The largest absolute Gasteiger partial charge is 0.404 e. The Morgan fingerprint density at radius 3 is 2.41 bits per heavy atom. The lowest BCUT2D eigenvalue weighted by Crippen LogP contribution is -2.44. The maximum atomic E-state index is 13.3. The normalized spacial score (nSPS) is 21.6. The van der Waals surface area contributed by atoms with Crippen LogP contribution >= 0.6 is 12.4 Å². The zero-order valence-corrected chi connectivity index (χ0v) is 12.0. The Morgan fingerprint density at radius 1 is 1.18 bits per heavy atom. The van der Waals surface area contributed by atoms with Crippen molar-refractivity contribution in [2.24, 2.45) is 0 Å². The van der Waals surface area contributed by atoms with E-state index in [1.807, 2.05) is 0 Å². The van der Waals surface area contributed by atoms with Gasteiger partial charge in [0.25, 0.3) is 0 Å². The number of aromatic nitrogens is 2. The van der Waals surface area contributed by atoms with Gasteiger partial charge in [-0.15, -0.1) is 12.4 Å². The van der Waals surface area contributed by atoms with Crippen LogP contribution in [-0.4, -0.2) is 29.4 Å². The first-order chi connectivity index (χ1) is 9.92. The van der Waals surface area contributed by atoms with Gasteiger partial charge in [0.2, 0.25) is 11.7 Å². The summed E-state index contributed by atoms with van der Waals surface area (Å²) < 4.78 is 57.7. The van der Waals surface area contributed by atoms with Crippen molar-refractivity contribution in [2.75, 3.05) is 13.1 Å². The van der Waals surface area contributed by atoms with Gasteiger partial charge in [-0.2, -0.15) is 18.2 Å². The van der Waals surface area contributed by atoms with E-state index in [-0.39, 0.29) is 37.7 Å². The molecule has 9 heteroatoms. The van der Waals surface area contributed by atoms with Crippen LogP contribution in [0.4, 0.5) is 17.6 Å². The molecule has 0 amide bonds. The van der Waals surface area contributed by atoms with E-state index in [1.54, 1.807) is 0 Å². The SMILES string of the molecule is Cl.Fc1ccc(-c2noc(C3(C(F)(F)F)CCNC3)n2)cc1. The molecular weight excluding hydrogens is 326 g/mol. The van der Waals surface area contributed by atoms with Gasteiger partial charge in [-0.25, -0.2) is 4.39 Å². The lowest BCUT2D eigenvalue weighted by Gasteiger charge is -2.26. The molecule has 1 aliphatic heterocycles. The number of halogens is 5. The minimum atomic E-state index is -4.48. The summed E-state index contributed by atoms with van der Waals surface area (Å²) in [6.07, 6.45) is -4.63. The first kappa shape index (κ1) is 16.7. The lowest BCUT2D eigenvalue weighted by molar-refractivity contribution is -0.191. The fraction of sp³-hybridized carbons (Fsp3) is 0.385. The summed E-state index contributed by atoms with van der Waals surface area (Å²) in [6.45, 7) is -0.0602. The molecule has 0 aliphatic carbocycles. The van der Waals surface area contributed by atoms with Crippen LogP contribution in [0.3, 0.4) is 0 Å². The number of hydrogen-bond donors (Lipinski definition) is 1. The van der Waals surface area contributed by atoms with Crippen LogP contribution < -0.4 is 5.32 Å². The molecular formula is C13H12ClF4N3O. The smallest absolute Gasteiger partial charge is 0.338 e. The number of hydrogen-bond acceptors (Lipinski definition) is 4. The van der Waals surface area contributed by atoms with Crippen molar-refractivity contribution in [3.63, 3.8) is 0 Å². The Morgan fingerprint density at radius 2 is 1.86 bits per heavy atom. The first-order valence-corrected chi connectivity index (χ1v) is 6.30. The van der Waals surface area contributed by atoms with Crippen LogP contribution in [0.25, 0.3) is 11.4 Å². The molecule has 1 saturated heterocycles. The van der Waals surface area contributed by atoms with Crippen molar-refractivity contribution in [1.29, 1.82) is 0 Å². The van der Waals surface area contributed by atoms with Crippen LogP contribution in [0.1, 0.15) is 12.3 Å². The quantitative estimate of drug-likeness (QED) is 0.856. The molecule has 1 fully saturated rings. The van der Waals surface area contributed by atoms with E-state index in [1.165, 1.54) is 24.3 Å². The van der Waals surface area contributed by atoms with E-state index in [0.717, 1.165) is 0 Å². The zero-order chi connectivity index (χ0) is 15.1. The molecule has 4 nitrogen and oxygen atoms in total. The average molecular weight is 338 g/mol. The summed E-state index contributed by atoms with van der Waals surface area (Å²) in [7, 11) is 0. The van der Waals surface area contributed by atoms with Crippen LogP contribution in [0, 0.1) is 5.82 Å². The van der Waals surface area contributed by atoms with Gasteiger partial charge in [0, 0.05) is 12.1 Å². The fourth-order valence-electron chi connectivity index (χ4n) is 2.37. The Balaban J connectivity index is 0.00000176. The van der Waals surface area contributed by atoms with Crippen molar-refractivity contribution in [1.82, 2.24) is 15.5 Å². The molecule has 1 aliphatic rings. The average Bonchev–Trinajstić information content (AvgIpc) is 3.08. The van der Waals surface area contributed by atoms with E-state index in [2.05, 4.69) is 15.5 Å². The van der Waals surface area contributed by atoms with Gasteiger partial charge in [0.15, 0.2) is 5.41 Å². The predicted molar refractivity (Wildman–Crippen MR) is 72.2 cm³/mol. The van der Waals surface area contributed by atoms with Gasteiger partial charge >= 0.3 is 6.18 Å². The van der Waals surface area contributed by atoms with Gasteiger partial charge < -0.3 is 9.84 Å². The minimum Gasteiger partial charge on any atom is -0.338 e. The Hall–Kier alpha value is -1.67. The van der Waals surface area contributed by atoms with Crippen molar-refractivity contribution < 1.29 is 22.1 Å². The van der Waals surface area contributed by atoms with Crippen LogP contribution in [0.2, 0.25) is 0 Å². The summed E-state index contributed by atoms with van der Waals surface area (Å²) in [4.78, 5) is 3.87. The van der Waals surface area contributed by atoms with Crippen molar-refractivity contribution in [2.45, 2.75) is 18.0 Å². The maximum absolute atomic E-state index is 13.3. The van der Waals surface area contributed by atoms with E-state index in [4.69, 9.17) is 4.52 Å². The van der Waals surface area contributed by atoms with Crippen molar-refractivity contribution in [3.8, 4) is 11.4 Å². The summed E-state index contributed by atoms with van der Waals surface area (Å²) in [5, 5.41) is 6.26. The molecule has 2 aromatic rings. The molecule has 1 aromatic carbocycles. The Labute approximate surface area is 129 Å². The molecule has 1 aromatic heterocycles. The van der Waals surface area contributed by atoms with E-state index >= 15 is 0 Å². The number of nitrogens with zero attached hydrogens (tertiary/aromatic N) is 2. The third kappa shape index (κ3) is 2.68. The third-order valence-corrected chi connectivity index (χ3v) is 3.64.